The van der Waals surface area contributed by atoms with E-state index in [9.17, 15) is 4.79 Å². The van der Waals surface area contributed by atoms with E-state index in [1.807, 2.05) is 24.3 Å². The Kier molecular flexibility index (Phi) is 3.73. The average molecular weight is 271 g/mol. The Morgan fingerprint density at radius 2 is 2.10 bits per heavy atom. The lowest BCUT2D eigenvalue weighted by Gasteiger charge is -2.06. The minimum atomic E-state index is -0.0157. The Labute approximate surface area is 117 Å². The molecule has 0 unspecified atom stereocenters. The standard InChI is InChI=1S/C14H17N5O/c20-13(8-15-7-10-1-2-10)18-12-5-3-11(4-6-12)14-16-9-17-19-14/h3-6,9-10,15H,1-2,7-8H2,(H,18,20)(H,16,17,19). The van der Waals surface area contributed by atoms with Gasteiger partial charge in [0, 0.05) is 11.3 Å². The fourth-order valence-electron chi connectivity index (χ4n) is 1.97. The predicted molar refractivity (Wildman–Crippen MR) is 76.0 cm³/mol. The first-order valence-electron chi connectivity index (χ1n) is 6.77. The number of carbonyl (C=O) groups excluding carboxylic acids is 1. The van der Waals surface area contributed by atoms with E-state index in [2.05, 4.69) is 25.8 Å². The Morgan fingerprint density at radius 1 is 1.30 bits per heavy atom. The number of H-pyrrole nitrogens is 1. The van der Waals surface area contributed by atoms with E-state index in [-0.39, 0.29) is 5.91 Å². The van der Waals surface area contributed by atoms with Crippen molar-refractivity contribution in [3.8, 4) is 11.4 Å². The maximum absolute atomic E-state index is 11.7. The van der Waals surface area contributed by atoms with Gasteiger partial charge in [-0.1, -0.05) is 0 Å². The van der Waals surface area contributed by atoms with E-state index in [0.29, 0.717) is 12.4 Å². The quantitative estimate of drug-likeness (QED) is 0.742. The van der Waals surface area contributed by atoms with Gasteiger partial charge in [-0.2, -0.15) is 5.10 Å². The second-order valence-corrected chi connectivity index (χ2v) is 5.03. The van der Waals surface area contributed by atoms with Gasteiger partial charge in [-0.25, -0.2) is 4.98 Å². The van der Waals surface area contributed by atoms with Crippen LogP contribution in [0.2, 0.25) is 0 Å². The molecule has 3 rings (SSSR count). The summed E-state index contributed by atoms with van der Waals surface area (Å²) in [5, 5.41) is 12.6. The highest BCUT2D eigenvalue weighted by atomic mass is 16.1. The number of hydrogen-bond donors (Lipinski definition) is 3. The molecule has 1 saturated carbocycles. The van der Waals surface area contributed by atoms with Crippen LogP contribution in [0.25, 0.3) is 11.4 Å². The summed E-state index contributed by atoms with van der Waals surface area (Å²) in [7, 11) is 0. The van der Waals surface area contributed by atoms with Crippen molar-refractivity contribution in [1.29, 1.82) is 0 Å². The molecule has 2 aromatic rings. The molecule has 0 atom stereocenters. The molecule has 1 fully saturated rings. The largest absolute Gasteiger partial charge is 0.325 e. The number of rotatable bonds is 6. The lowest BCUT2D eigenvalue weighted by Crippen LogP contribution is -2.29. The third-order valence-corrected chi connectivity index (χ3v) is 3.27. The number of nitrogens with zero attached hydrogens (tertiary/aromatic N) is 2. The SMILES string of the molecule is O=C(CNCC1CC1)Nc1ccc(-c2ncn[nH]2)cc1. The second-order valence-electron chi connectivity index (χ2n) is 5.03. The molecule has 1 amide bonds. The molecule has 6 nitrogen and oxygen atoms in total. The summed E-state index contributed by atoms with van der Waals surface area (Å²) < 4.78 is 0. The number of hydrogen-bond acceptors (Lipinski definition) is 4. The molecular weight excluding hydrogens is 254 g/mol. The highest BCUT2D eigenvalue weighted by Crippen LogP contribution is 2.27. The van der Waals surface area contributed by atoms with Gasteiger partial charge in [-0.3, -0.25) is 9.89 Å². The number of anilines is 1. The minimum Gasteiger partial charge on any atom is -0.325 e. The summed E-state index contributed by atoms with van der Waals surface area (Å²) in [6.45, 7) is 1.30. The highest BCUT2D eigenvalue weighted by molar-refractivity contribution is 5.92. The van der Waals surface area contributed by atoms with Gasteiger partial charge in [0.2, 0.25) is 5.91 Å². The van der Waals surface area contributed by atoms with Crippen molar-refractivity contribution in [2.24, 2.45) is 5.92 Å². The summed E-state index contributed by atoms with van der Waals surface area (Å²) in [5.41, 5.74) is 1.72. The number of benzene rings is 1. The summed E-state index contributed by atoms with van der Waals surface area (Å²) in [4.78, 5) is 15.8. The van der Waals surface area contributed by atoms with Crippen LogP contribution in [0, 0.1) is 5.92 Å². The van der Waals surface area contributed by atoms with E-state index in [4.69, 9.17) is 0 Å². The van der Waals surface area contributed by atoms with Crippen LogP contribution in [0.5, 0.6) is 0 Å². The van der Waals surface area contributed by atoms with E-state index in [0.717, 1.165) is 23.7 Å². The molecule has 0 radical (unpaired) electrons. The molecule has 0 aliphatic heterocycles. The normalized spacial score (nSPS) is 14.2. The number of nitrogens with one attached hydrogen (secondary N) is 3. The monoisotopic (exact) mass is 271 g/mol. The summed E-state index contributed by atoms with van der Waals surface area (Å²) in [6.07, 6.45) is 4.05. The molecule has 0 saturated heterocycles. The molecular formula is C14H17N5O. The fraction of sp³-hybridized carbons (Fsp3) is 0.357. The first-order valence-corrected chi connectivity index (χ1v) is 6.77. The van der Waals surface area contributed by atoms with Crippen molar-refractivity contribution < 1.29 is 4.79 Å². The van der Waals surface area contributed by atoms with Crippen molar-refractivity contribution in [1.82, 2.24) is 20.5 Å². The van der Waals surface area contributed by atoms with E-state index < -0.39 is 0 Å². The number of aromatic nitrogens is 3. The predicted octanol–water partition coefficient (Wildman–Crippen LogP) is 1.41. The van der Waals surface area contributed by atoms with Gasteiger partial charge >= 0.3 is 0 Å². The van der Waals surface area contributed by atoms with Gasteiger partial charge in [0.1, 0.15) is 6.33 Å². The summed E-state index contributed by atoms with van der Waals surface area (Å²) in [6, 6.07) is 7.51. The van der Waals surface area contributed by atoms with Crippen LogP contribution in [-0.2, 0) is 4.79 Å². The Balaban J connectivity index is 1.50. The van der Waals surface area contributed by atoms with Gasteiger partial charge < -0.3 is 10.6 Å². The van der Waals surface area contributed by atoms with E-state index >= 15 is 0 Å². The number of aromatic amines is 1. The topological polar surface area (TPSA) is 82.7 Å². The molecule has 1 heterocycles. The number of amides is 1. The van der Waals surface area contributed by atoms with Crippen LogP contribution in [0.1, 0.15) is 12.8 Å². The van der Waals surface area contributed by atoms with Gasteiger partial charge in [-0.15, -0.1) is 0 Å². The lowest BCUT2D eigenvalue weighted by atomic mass is 10.2. The first kappa shape index (κ1) is 12.8. The summed E-state index contributed by atoms with van der Waals surface area (Å²) in [5.74, 6) is 1.48. The molecule has 0 spiro atoms. The Hall–Kier alpha value is -2.21. The number of carbonyl (C=O) groups is 1. The zero-order valence-corrected chi connectivity index (χ0v) is 11.1. The first-order chi connectivity index (χ1) is 9.81. The smallest absolute Gasteiger partial charge is 0.238 e. The molecule has 6 heteroatoms. The maximum atomic E-state index is 11.7. The van der Waals surface area contributed by atoms with Crippen LogP contribution in [0.3, 0.4) is 0 Å². The van der Waals surface area contributed by atoms with Crippen LogP contribution in [0.4, 0.5) is 5.69 Å². The summed E-state index contributed by atoms with van der Waals surface area (Å²) >= 11 is 0. The van der Waals surface area contributed by atoms with Gasteiger partial charge in [0.25, 0.3) is 0 Å². The van der Waals surface area contributed by atoms with Crippen LogP contribution < -0.4 is 10.6 Å². The molecule has 20 heavy (non-hydrogen) atoms. The lowest BCUT2D eigenvalue weighted by molar-refractivity contribution is -0.115. The third-order valence-electron chi connectivity index (χ3n) is 3.27. The van der Waals surface area contributed by atoms with Gasteiger partial charge in [0.05, 0.1) is 6.54 Å². The molecule has 1 aliphatic rings. The Morgan fingerprint density at radius 3 is 2.75 bits per heavy atom. The van der Waals surface area contributed by atoms with Crippen molar-refractivity contribution >= 4 is 11.6 Å². The minimum absolute atomic E-state index is 0.0157. The fourth-order valence-corrected chi connectivity index (χ4v) is 1.97. The maximum Gasteiger partial charge on any atom is 0.238 e. The molecule has 1 aromatic carbocycles. The van der Waals surface area contributed by atoms with E-state index in [1.165, 1.54) is 19.2 Å². The molecule has 1 aliphatic carbocycles. The highest BCUT2D eigenvalue weighted by Gasteiger charge is 2.20. The molecule has 0 bridgehead atoms. The van der Waals surface area contributed by atoms with Crippen molar-refractivity contribution in [2.75, 3.05) is 18.4 Å². The van der Waals surface area contributed by atoms with Gasteiger partial charge in [0.15, 0.2) is 5.82 Å². The Bertz CT molecular complexity index is 560. The molecule has 104 valence electrons. The van der Waals surface area contributed by atoms with Crippen LogP contribution in [0.15, 0.2) is 30.6 Å². The van der Waals surface area contributed by atoms with Gasteiger partial charge in [-0.05, 0) is 49.6 Å². The molecule has 1 aromatic heterocycles. The van der Waals surface area contributed by atoms with Crippen molar-refractivity contribution in [3.63, 3.8) is 0 Å². The van der Waals surface area contributed by atoms with Crippen LogP contribution in [-0.4, -0.2) is 34.2 Å². The van der Waals surface area contributed by atoms with Crippen LogP contribution >= 0.6 is 0 Å². The van der Waals surface area contributed by atoms with Crippen molar-refractivity contribution in [2.45, 2.75) is 12.8 Å². The van der Waals surface area contributed by atoms with Crippen molar-refractivity contribution in [3.05, 3.63) is 30.6 Å². The second kappa shape index (κ2) is 5.83. The average Bonchev–Trinajstić information content (AvgIpc) is 3.11. The zero-order chi connectivity index (χ0) is 13.8. The zero-order valence-electron chi connectivity index (χ0n) is 11.1. The third kappa shape index (κ3) is 3.42. The van der Waals surface area contributed by atoms with E-state index in [1.54, 1.807) is 0 Å². The molecule has 3 N–H and O–H groups in total.